The first-order chi connectivity index (χ1) is 17.0. The minimum Gasteiger partial charge on any atom is -0.462 e. The van der Waals surface area contributed by atoms with Gasteiger partial charge >= 0.3 is 23.9 Å². The Balaban J connectivity index is 2.31. The summed E-state index contributed by atoms with van der Waals surface area (Å²) in [5, 5.41) is 8.13. The van der Waals surface area contributed by atoms with Crippen LogP contribution in [0.3, 0.4) is 0 Å². The van der Waals surface area contributed by atoms with E-state index in [1.165, 1.54) is 29.5 Å². The van der Waals surface area contributed by atoms with Crippen molar-refractivity contribution in [2.24, 2.45) is 5.10 Å². The number of hydrazone groups is 1. The van der Waals surface area contributed by atoms with Gasteiger partial charge in [0.2, 0.25) is 5.13 Å². The Morgan fingerprint density at radius 1 is 1.00 bits per heavy atom. The van der Waals surface area contributed by atoms with Gasteiger partial charge in [0.05, 0.1) is 11.9 Å². The van der Waals surface area contributed by atoms with Gasteiger partial charge in [-0.15, -0.1) is 11.3 Å². The highest BCUT2D eigenvalue weighted by molar-refractivity contribution is 9.10. The van der Waals surface area contributed by atoms with Gasteiger partial charge < -0.3 is 18.9 Å². The molecule has 36 heavy (non-hydrogen) atoms. The second kappa shape index (κ2) is 13.7. The molecule has 1 aromatic heterocycles. The van der Waals surface area contributed by atoms with Gasteiger partial charge in [0, 0.05) is 50.2 Å². The molecule has 0 aliphatic carbocycles. The van der Waals surface area contributed by atoms with Gasteiger partial charge in [0.15, 0.2) is 18.3 Å². The summed E-state index contributed by atoms with van der Waals surface area (Å²) >= 11 is 4.74. The lowest BCUT2D eigenvalue weighted by Gasteiger charge is -2.30. The fraction of sp³-hybridized carbons (Fsp3) is 0.391. The molecule has 1 aromatic carbocycles. The molecule has 11 nitrogen and oxygen atoms in total. The lowest BCUT2D eigenvalue weighted by molar-refractivity contribution is -0.183. The SMILES string of the molecule is CC(=O)OC[C@H](OC(C)=O)[C@H](OC(C)=O)[C@H](/C=N\N(C)c1nc(-c2ccc(Br)cc2)cs1)OC(C)=O. The van der Waals surface area contributed by atoms with E-state index in [9.17, 15) is 19.2 Å². The van der Waals surface area contributed by atoms with E-state index in [2.05, 4.69) is 26.0 Å². The summed E-state index contributed by atoms with van der Waals surface area (Å²) in [4.78, 5) is 51.2. The second-order valence-corrected chi connectivity index (χ2v) is 9.16. The molecule has 2 aromatic rings. The third-order valence-corrected chi connectivity index (χ3v) is 5.79. The highest BCUT2D eigenvalue weighted by Gasteiger charge is 2.37. The van der Waals surface area contributed by atoms with E-state index in [1.807, 2.05) is 29.6 Å². The Hall–Kier alpha value is -3.32. The Bertz CT molecular complexity index is 1110. The van der Waals surface area contributed by atoms with Crippen molar-refractivity contribution >= 4 is 62.5 Å². The van der Waals surface area contributed by atoms with Gasteiger partial charge in [-0.25, -0.2) is 9.99 Å². The van der Waals surface area contributed by atoms with Crippen LogP contribution in [0.4, 0.5) is 5.13 Å². The average molecular weight is 584 g/mol. The molecule has 0 fully saturated rings. The molecule has 0 unspecified atom stereocenters. The van der Waals surface area contributed by atoms with Crippen LogP contribution in [0, 0.1) is 0 Å². The summed E-state index contributed by atoms with van der Waals surface area (Å²) in [6, 6.07) is 7.66. The molecule has 0 radical (unpaired) electrons. The largest absolute Gasteiger partial charge is 0.462 e. The summed E-state index contributed by atoms with van der Waals surface area (Å²) in [5.74, 6) is -2.80. The first-order valence-electron chi connectivity index (χ1n) is 10.6. The number of hydrogen-bond donors (Lipinski definition) is 0. The number of halogens is 1. The summed E-state index contributed by atoms with van der Waals surface area (Å²) in [5.41, 5.74) is 1.66. The van der Waals surface area contributed by atoms with E-state index in [-0.39, 0.29) is 0 Å². The van der Waals surface area contributed by atoms with Gasteiger partial charge in [-0.05, 0) is 12.1 Å². The number of hydrogen-bond acceptors (Lipinski definition) is 12. The fourth-order valence-electron chi connectivity index (χ4n) is 2.91. The lowest BCUT2D eigenvalue weighted by atomic mass is 10.1. The maximum absolute atomic E-state index is 11.8. The van der Waals surface area contributed by atoms with Crippen LogP contribution in [0.15, 0.2) is 39.2 Å². The molecular formula is C23H26BrN3O8S. The highest BCUT2D eigenvalue weighted by atomic mass is 79.9. The van der Waals surface area contributed by atoms with Crippen LogP contribution < -0.4 is 5.01 Å². The van der Waals surface area contributed by atoms with Crippen molar-refractivity contribution in [3.8, 4) is 11.3 Å². The summed E-state index contributed by atoms with van der Waals surface area (Å²) in [6.07, 6.45) is -2.67. The second-order valence-electron chi connectivity index (χ2n) is 7.41. The van der Waals surface area contributed by atoms with Gasteiger partial charge in [0.1, 0.15) is 6.61 Å². The number of thiazole rings is 1. The van der Waals surface area contributed by atoms with Crippen LogP contribution in [0.1, 0.15) is 27.7 Å². The monoisotopic (exact) mass is 583 g/mol. The quantitative estimate of drug-likeness (QED) is 0.168. The minimum absolute atomic E-state index is 0.433. The maximum Gasteiger partial charge on any atom is 0.303 e. The first-order valence-corrected chi connectivity index (χ1v) is 12.3. The zero-order valence-corrected chi connectivity index (χ0v) is 22.7. The number of esters is 4. The van der Waals surface area contributed by atoms with E-state index >= 15 is 0 Å². The maximum atomic E-state index is 11.8. The normalized spacial score (nSPS) is 13.4. The number of benzene rings is 1. The van der Waals surface area contributed by atoms with Gasteiger partial charge in [-0.1, -0.05) is 28.1 Å². The number of ether oxygens (including phenoxy) is 4. The van der Waals surface area contributed by atoms with Crippen molar-refractivity contribution in [1.29, 1.82) is 0 Å². The zero-order valence-electron chi connectivity index (χ0n) is 20.3. The van der Waals surface area contributed by atoms with Crippen molar-refractivity contribution in [2.45, 2.75) is 46.0 Å². The van der Waals surface area contributed by atoms with Crippen molar-refractivity contribution in [1.82, 2.24) is 4.98 Å². The third-order valence-electron chi connectivity index (χ3n) is 4.36. The molecular weight excluding hydrogens is 558 g/mol. The predicted octanol–water partition coefficient (Wildman–Crippen LogP) is 3.35. The molecule has 0 saturated carbocycles. The number of carbonyl (C=O) groups excluding carboxylic acids is 4. The van der Waals surface area contributed by atoms with Crippen LogP contribution in [0.25, 0.3) is 11.3 Å². The van der Waals surface area contributed by atoms with E-state index in [1.54, 1.807) is 7.05 Å². The fourth-order valence-corrected chi connectivity index (χ4v) is 3.93. The molecule has 0 aliphatic rings. The predicted molar refractivity (Wildman–Crippen MR) is 135 cm³/mol. The molecule has 0 saturated heterocycles. The molecule has 0 aliphatic heterocycles. The molecule has 194 valence electrons. The van der Waals surface area contributed by atoms with Crippen molar-refractivity contribution < 1.29 is 38.1 Å². The Morgan fingerprint density at radius 2 is 1.61 bits per heavy atom. The lowest BCUT2D eigenvalue weighted by Crippen LogP contribution is -2.48. The van der Waals surface area contributed by atoms with Crippen molar-refractivity contribution in [3.63, 3.8) is 0 Å². The Morgan fingerprint density at radius 3 is 2.17 bits per heavy atom. The molecule has 0 bridgehead atoms. The number of aromatic nitrogens is 1. The van der Waals surface area contributed by atoms with Crippen LogP contribution in [-0.4, -0.2) is 67.0 Å². The Kier molecular flexibility index (Phi) is 11.0. The van der Waals surface area contributed by atoms with Gasteiger partial charge in [0.25, 0.3) is 0 Å². The molecule has 13 heteroatoms. The van der Waals surface area contributed by atoms with Crippen LogP contribution >= 0.6 is 27.3 Å². The summed E-state index contributed by atoms with van der Waals surface area (Å²) in [6.45, 7) is 4.17. The van der Waals surface area contributed by atoms with E-state index < -0.39 is 48.8 Å². The van der Waals surface area contributed by atoms with E-state index in [0.29, 0.717) is 5.13 Å². The molecule has 2 rings (SSSR count). The van der Waals surface area contributed by atoms with Crippen molar-refractivity contribution in [3.05, 3.63) is 34.1 Å². The first kappa shape index (κ1) is 28.9. The van der Waals surface area contributed by atoms with Crippen LogP contribution in [-0.2, 0) is 38.1 Å². The number of rotatable bonds is 11. The van der Waals surface area contributed by atoms with Crippen molar-refractivity contribution in [2.75, 3.05) is 18.7 Å². The number of carbonyl (C=O) groups is 4. The van der Waals surface area contributed by atoms with Gasteiger partial charge in [-0.3, -0.25) is 19.2 Å². The standard InChI is InChI=1S/C23H26BrN3O8S/c1-13(28)32-11-21(34-15(3)30)22(35-16(4)31)20(33-14(2)29)10-25-27(5)23-26-19(12-36-23)17-6-8-18(24)9-7-17/h6-10,12,20-22H,11H2,1-5H3/b25-10-/t20-,21-,22+/m0/s1. The molecule has 3 atom stereocenters. The smallest absolute Gasteiger partial charge is 0.303 e. The van der Waals surface area contributed by atoms with E-state index in [0.717, 1.165) is 36.5 Å². The molecule has 1 heterocycles. The minimum atomic E-state index is -1.35. The Labute approximate surface area is 220 Å². The number of nitrogens with zero attached hydrogens (tertiary/aromatic N) is 3. The van der Waals surface area contributed by atoms with Crippen LogP contribution in [0.2, 0.25) is 0 Å². The third kappa shape index (κ3) is 9.38. The van der Waals surface area contributed by atoms with E-state index in [4.69, 9.17) is 18.9 Å². The van der Waals surface area contributed by atoms with Gasteiger partial charge in [-0.2, -0.15) is 5.10 Å². The number of anilines is 1. The summed E-state index contributed by atoms with van der Waals surface area (Å²) < 4.78 is 21.7. The molecule has 0 N–H and O–H groups in total. The zero-order chi connectivity index (χ0) is 26.8. The molecule has 0 amide bonds. The molecule has 0 spiro atoms. The summed E-state index contributed by atoms with van der Waals surface area (Å²) in [7, 11) is 1.63. The van der Waals surface area contributed by atoms with Crippen LogP contribution in [0.5, 0.6) is 0 Å². The average Bonchev–Trinajstić information content (AvgIpc) is 3.28. The topological polar surface area (TPSA) is 134 Å². The highest BCUT2D eigenvalue weighted by Crippen LogP contribution is 2.28.